The van der Waals surface area contributed by atoms with Crippen LogP contribution in [0.5, 0.6) is 0 Å². The number of hydrogen-bond acceptors (Lipinski definition) is 1. The first kappa shape index (κ1) is 33.3. The molecule has 0 unspecified atom stereocenters. The van der Waals surface area contributed by atoms with Crippen LogP contribution in [0.1, 0.15) is 75.6 Å². The number of aromatic nitrogens is 1. The van der Waals surface area contributed by atoms with Crippen LogP contribution >= 0.6 is 0 Å². The number of anilines is 3. The molecule has 262 valence electrons. The van der Waals surface area contributed by atoms with Gasteiger partial charge in [-0.15, -0.1) is 0 Å². The number of unbranched alkanes of at least 4 members (excludes halogenated alkanes) is 2. The van der Waals surface area contributed by atoms with Crippen LogP contribution in [0, 0.1) is 0 Å². The molecule has 0 amide bonds. The number of fused-ring (bicyclic) bond motifs is 8. The molecule has 0 aliphatic heterocycles. The minimum atomic E-state index is -0.210. The van der Waals surface area contributed by atoms with Crippen molar-refractivity contribution in [2.24, 2.45) is 0 Å². The molecule has 0 fully saturated rings. The maximum Gasteiger partial charge on any atom is 0.0544 e. The zero-order chi connectivity index (χ0) is 36.1. The largest absolute Gasteiger partial charge is 0.310 e. The van der Waals surface area contributed by atoms with E-state index < -0.39 is 0 Å². The lowest BCUT2D eigenvalue weighted by Crippen LogP contribution is -2.17. The van der Waals surface area contributed by atoms with Gasteiger partial charge in [0.2, 0.25) is 0 Å². The van der Waals surface area contributed by atoms with Gasteiger partial charge in [-0.05, 0) is 131 Å². The number of rotatable bonds is 10. The Hall–Kier alpha value is -5.60. The highest BCUT2D eigenvalue weighted by atomic mass is 15.1. The molecule has 9 rings (SSSR count). The van der Waals surface area contributed by atoms with Crippen molar-refractivity contribution in [2.45, 2.75) is 71.6 Å². The molecule has 0 saturated carbocycles. The van der Waals surface area contributed by atoms with Gasteiger partial charge in [0.1, 0.15) is 0 Å². The summed E-state index contributed by atoms with van der Waals surface area (Å²) < 4.78 is 2.57. The Morgan fingerprint density at radius 1 is 0.491 bits per heavy atom. The minimum Gasteiger partial charge on any atom is -0.310 e. The topological polar surface area (TPSA) is 8.17 Å². The van der Waals surface area contributed by atoms with Gasteiger partial charge in [-0.3, -0.25) is 0 Å². The first-order valence-electron chi connectivity index (χ1n) is 19.7. The van der Waals surface area contributed by atoms with Crippen LogP contribution in [0.25, 0.3) is 49.4 Å². The van der Waals surface area contributed by atoms with Crippen molar-refractivity contribution in [3.63, 3.8) is 0 Å². The molecule has 2 nitrogen and oxygen atoms in total. The Bertz CT molecular complexity index is 2500. The van der Waals surface area contributed by atoms with Crippen LogP contribution in [-0.2, 0) is 18.3 Å². The summed E-state index contributed by atoms with van der Waals surface area (Å²) in [4.78, 5) is 2.38. The van der Waals surface area contributed by atoms with E-state index in [1.54, 1.807) is 0 Å². The zero-order valence-electron chi connectivity index (χ0n) is 31.5. The van der Waals surface area contributed by atoms with Crippen molar-refractivity contribution < 1.29 is 0 Å². The molecular formula is C51H48N2. The second kappa shape index (κ2) is 13.4. The van der Waals surface area contributed by atoms with Gasteiger partial charge in [0.05, 0.1) is 16.7 Å². The predicted molar refractivity (Wildman–Crippen MR) is 228 cm³/mol. The second-order valence-electron chi connectivity index (χ2n) is 15.5. The van der Waals surface area contributed by atoms with Gasteiger partial charge in [0.25, 0.3) is 0 Å². The van der Waals surface area contributed by atoms with E-state index in [9.17, 15) is 0 Å². The molecule has 0 radical (unpaired) electrons. The van der Waals surface area contributed by atoms with Crippen molar-refractivity contribution in [2.75, 3.05) is 4.90 Å². The highest BCUT2D eigenvalue weighted by molar-refractivity contribution is 6.13. The fourth-order valence-electron chi connectivity index (χ4n) is 8.93. The molecule has 0 atom stereocenters. The number of benzene rings is 7. The monoisotopic (exact) mass is 688 g/mol. The summed E-state index contributed by atoms with van der Waals surface area (Å²) >= 11 is 0. The summed E-state index contributed by atoms with van der Waals surface area (Å²) in [5, 5.41) is 5.34. The molecule has 7 aromatic carbocycles. The first-order chi connectivity index (χ1) is 26.0. The molecule has 53 heavy (non-hydrogen) atoms. The molecule has 1 heterocycles. The van der Waals surface area contributed by atoms with Crippen LogP contribution in [0.2, 0.25) is 0 Å². The number of hydrogen-bond donors (Lipinski definition) is 0. The average molecular weight is 689 g/mol. The van der Waals surface area contributed by atoms with Gasteiger partial charge < -0.3 is 9.47 Å². The van der Waals surface area contributed by atoms with Crippen LogP contribution in [0.4, 0.5) is 17.1 Å². The summed E-state index contributed by atoms with van der Waals surface area (Å²) in [5.41, 5.74) is 15.4. The molecule has 1 aliphatic rings. The van der Waals surface area contributed by atoms with Crippen LogP contribution in [0.3, 0.4) is 0 Å². The van der Waals surface area contributed by atoms with Gasteiger partial charge in [0.15, 0.2) is 0 Å². The molecular weight excluding hydrogens is 641 g/mol. The van der Waals surface area contributed by atoms with E-state index in [1.165, 1.54) is 103 Å². The summed E-state index contributed by atoms with van der Waals surface area (Å²) in [5.74, 6) is 0. The van der Waals surface area contributed by atoms with E-state index >= 15 is 0 Å². The summed E-state index contributed by atoms with van der Waals surface area (Å²) in [6, 6.07) is 54.7. The third-order valence-corrected chi connectivity index (χ3v) is 11.7. The molecule has 0 spiro atoms. The van der Waals surface area contributed by atoms with Gasteiger partial charge in [-0.25, -0.2) is 0 Å². The lowest BCUT2D eigenvalue weighted by molar-refractivity contribution is 0.660. The molecule has 2 heteroatoms. The highest BCUT2D eigenvalue weighted by Gasteiger charge is 2.38. The standard InChI is InChI=1S/C51H48N2/c1-5-7-17-35-25-29-47-43(31-35)44-32-36(18-8-6-2)26-30-48(44)53(47)49-34-46-50(41-24-16-15-23-40(41)49)42-28-27-39(33-45(42)51(46,3)4)52(37-19-11-9-12-20-37)38-21-13-10-14-22-38/h9-16,19-34H,5-8,17-18H2,1-4H3. The Morgan fingerprint density at radius 2 is 1.04 bits per heavy atom. The zero-order valence-corrected chi connectivity index (χ0v) is 31.5. The van der Waals surface area contributed by atoms with Gasteiger partial charge in [-0.1, -0.05) is 119 Å². The van der Waals surface area contributed by atoms with Crippen molar-refractivity contribution >= 4 is 49.6 Å². The maximum absolute atomic E-state index is 2.57. The van der Waals surface area contributed by atoms with E-state index in [4.69, 9.17) is 0 Å². The fraction of sp³-hybridized carbons (Fsp3) is 0.216. The molecule has 0 bridgehead atoms. The van der Waals surface area contributed by atoms with Crippen molar-refractivity contribution in [1.29, 1.82) is 0 Å². The molecule has 0 saturated heterocycles. The van der Waals surface area contributed by atoms with E-state index in [2.05, 4.69) is 183 Å². The van der Waals surface area contributed by atoms with Crippen molar-refractivity contribution in [1.82, 2.24) is 4.57 Å². The van der Waals surface area contributed by atoms with E-state index in [1.807, 2.05) is 0 Å². The molecule has 0 N–H and O–H groups in total. The number of aryl methyl sites for hydroxylation is 2. The lowest BCUT2D eigenvalue weighted by atomic mass is 9.81. The molecule has 1 aliphatic carbocycles. The quantitative estimate of drug-likeness (QED) is 0.139. The third-order valence-electron chi connectivity index (χ3n) is 11.7. The van der Waals surface area contributed by atoms with Crippen LogP contribution in [0.15, 0.2) is 146 Å². The summed E-state index contributed by atoms with van der Waals surface area (Å²) in [7, 11) is 0. The highest BCUT2D eigenvalue weighted by Crippen LogP contribution is 2.54. The normalized spacial score (nSPS) is 13.1. The maximum atomic E-state index is 2.57. The van der Waals surface area contributed by atoms with E-state index in [0.717, 1.165) is 24.2 Å². The summed E-state index contributed by atoms with van der Waals surface area (Å²) in [6.07, 6.45) is 7.09. The van der Waals surface area contributed by atoms with Gasteiger partial charge in [0, 0.05) is 38.6 Å². The Balaban J connectivity index is 1.26. The smallest absolute Gasteiger partial charge is 0.0544 e. The SMILES string of the molecule is CCCCc1ccc2c(c1)c1cc(CCCC)ccc1n2-c1cc2c(c3ccccc13)-c1ccc(N(c3ccccc3)c3ccccc3)cc1C2(C)C. The van der Waals surface area contributed by atoms with Crippen molar-refractivity contribution in [3.05, 3.63) is 168 Å². The lowest BCUT2D eigenvalue weighted by Gasteiger charge is -2.28. The Labute approximate surface area is 314 Å². The minimum absolute atomic E-state index is 0.210. The number of nitrogens with zero attached hydrogens (tertiary/aromatic N) is 2. The second-order valence-corrected chi connectivity index (χ2v) is 15.5. The van der Waals surface area contributed by atoms with Gasteiger partial charge >= 0.3 is 0 Å². The van der Waals surface area contributed by atoms with Gasteiger partial charge in [-0.2, -0.15) is 0 Å². The molecule has 8 aromatic rings. The van der Waals surface area contributed by atoms with E-state index in [-0.39, 0.29) is 5.41 Å². The Morgan fingerprint density at radius 3 is 1.60 bits per heavy atom. The molecule has 1 aromatic heterocycles. The van der Waals surface area contributed by atoms with Crippen molar-refractivity contribution in [3.8, 4) is 16.8 Å². The Kier molecular flexibility index (Phi) is 8.42. The summed E-state index contributed by atoms with van der Waals surface area (Å²) in [6.45, 7) is 9.40. The predicted octanol–water partition coefficient (Wildman–Crippen LogP) is 14.4. The van der Waals surface area contributed by atoms with Crippen LogP contribution < -0.4 is 4.90 Å². The number of para-hydroxylation sites is 2. The first-order valence-corrected chi connectivity index (χ1v) is 19.7. The fourth-order valence-corrected chi connectivity index (χ4v) is 8.93. The third kappa shape index (κ3) is 5.55. The van der Waals surface area contributed by atoms with E-state index in [0.29, 0.717) is 0 Å². The average Bonchev–Trinajstić information content (AvgIpc) is 3.63. The van der Waals surface area contributed by atoms with Crippen LogP contribution in [-0.4, -0.2) is 4.57 Å².